The molecule has 1 saturated heterocycles. The highest BCUT2D eigenvalue weighted by atomic mass is 19.1. The molecular weight excluding hydrogens is 411 g/mol. The fraction of sp³-hybridized carbons (Fsp3) is 0.333. The van der Waals surface area contributed by atoms with Gasteiger partial charge in [-0.05, 0) is 30.7 Å². The Labute approximate surface area is 186 Å². The van der Waals surface area contributed by atoms with Gasteiger partial charge in [-0.2, -0.15) is 0 Å². The summed E-state index contributed by atoms with van der Waals surface area (Å²) < 4.78 is 18.9. The summed E-state index contributed by atoms with van der Waals surface area (Å²) >= 11 is 0. The van der Waals surface area contributed by atoms with E-state index in [9.17, 15) is 14.0 Å². The molecule has 1 aromatic heterocycles. The molecule has 168 valence electrons. The lowest BCUT2D eigenvalue weighted by Crippen LogP contribution is -2.48. The largest absolute Gasteiger partial charge is 0.461 e. The number of anilines is 1. The molecule has 0 saturated carbocycles. The number of aromatic nitrogens is 1. The van der Waals surface area contributed by atoms with Crippen LogP contribution >= 0.6 is 0 Å². The summed E-state index contributed by atoms with van der Waals surface area (Å²) in [6.07, 6.45) is 0. The van der Waals surface area contributed by atoms with Crippen molar-refractivity contribution in [2.75, 3.05) is 44.6 Å². The molecule has 1 aliphatic rings. The third-order valence-corrected chi connectivity index (χ3v) is 5.59. The Morgan fingerprint density at radius 1 is 1.06 bits per heavy atom. The predicted molar refractivity (Wildman–Crippen MR) is 121 cm³/mol. The van der Waals surface area contributed by atoms with E-state index >= 15 is 0 Å². The van der Waals surface area contributed by atoms with Gasteiger partial charge >= 0.3 is 5.97 Å². The molecule has 32 heavy (non-hydrogen) atoms. The third-order valence-electron chi connectivity index (χ3n) is 5.59. The highest BCUT2D eigenvalue weighted by molar-refractivity contribution is 6.11. The summed E-state index contributed by atoms with van der Waals surface area (Å²) in [6, 6.07) is 14.5. The van der Waals surface area contributed by atoms with Crippen LogP contribution in [0.2, 0.25) is 0 Å². The summed E-state index contributed by atoms with van der Waals surface area (Å²) in [4.78, 5) is 32.5. The first-order valence-corrected chi connectivity index (χ1v) is 10.8. The van der Waals surface area contributed by atoms with E-state index in [1.54, 1.807) is 6.92 Å². The van der Waals surface area contributed by atoms with Crippen LogP contribution in [-0.2, 0) is 16.1 Å². The minimum atomic E-state index is -0.589. The lowest BCUT2D eigenvalue weighted by molar-refractivity contribution is -0.117. The molecule has 2 aromatic carbocycles. The second kappa shape index (κ2) is 9.93. The van der Waals surface area contributed by atoms with Crippen LogP contribution in [-0.4, -0.2) is 66.0 Å². The fourth-order valence-electron chi connectivity index (χ4n) is 3.98. The zero-order valence-corrected chi connectivity index (χ0v) is 18.1. The molecule has 7 nitrogen and oxygen atoms in total. The van der Waals surface area contributed by atoms with Gasteiger partial charge in [-0.3, -0.25) is 14.6 Å². The van der Waals surface area contributed by atoms with Crippen LogP contribution in [0, 0.1) is 5.82 Å². The Kier molecular flexibility index (Phi) is 6.82. The van der Waals surface area contributed by atoms with Crippen molar-refractivity contribution in [1.82, 2.24) is 14.8 Å². The quantitative estimate of drug-likeness (QED) is 0.554. The van der Waals surface area contributed by atoms with Gasteiger partial charge < -0.3 is 15.0 Å². The van der Waals surface area contributed by atoms with Gasteiger partial charge in [0.05, 0.1) is 18.8 Å². The average Bonchev–Trinajstić information content (AvgIpc) is 3.13. The number of aromatic amines is 1. The second-order valence-corrected chi connectivity index (χ2v) is 7.87. The van der Waals surface area contributed by atoms with Crippen LogP contribution in [0.5, 0.6) is 0 Å². The Morgan fingerprint density at radius 3 is 2.50 bits per heavy atom. The summed E-state index contributed by atoms with van der Waals surface area (Å²) in [5.74, 6) is -1.29. The van der Waals surface area contributed by atoms with Crippen molar-refractivity contribution in [1.29, 1.82) is 0 Å². The van der Waals surface area contributed by atoms with Crippen LogP contribution in [0.25, 0.3) is 10.9 Å². The lowest BCUT2D eigenvalue weighted by atomic mass is 10.2. The number of halogens is 1. The van der Waals surface area contributed by atoms with Crippen molar-refractivity contribution < 1.29 is 18.7 Å². The molecule has 0 unspecified atom stereocenters. The number of H-pyrrole nitrogens is 1. The van der Waals surface area contributed by atoms with Gasteiger partial charge in [0, 0.05) is 43.6 Å². The molecule has 4 rings (SSSR count). The highest BCUT2D eigenvalue weighted by Gasteiger charge is 2.23. The number of nitrogens with zero attached hydrogens (tertiary/aromatic N) is 2. The van der Waals surface area contributed by atoms with Crippen molar-refractivity contribution >= 4 is 28.5 Å². The van der Waals surface area contributed by atoms with E-state index in [1.165, 1.54) is 23.8 Å². The standard InChI is InChI=1S/C24H27FN4O3/c1-2-32-24(31)23-22(19-14-18(25)8-9-20(19)26-23)27-21(30)16-29-12-10-28(11-13-29)15-17-6-4-3-5-7-17/h3-9,14,26H,2,10-13,15-16H2,1H3,(H,27,30). The van der Waals surface area contributed by atoms with Gasteiger partial charge in [0.25, 0.3) is 0 Å². The van der Waals surface area contributed by atoms with Crippen molar-refractivity contribution in [3.05, 3.63) is 65.6 Å². The molecule has 0 radical (unpaired) electrons. The number of nitrogens with one attached hydrogen (secondary N) is 2. The van der Waals surface area contributed by atoms with Crippen LogP contribution in [0.15, 0.2) is 48.5 Å². The van der Waals surface area contributed by atoms with Gasteiger partial charge in [-0.25, -0.2) is 9.18 Å². The van der Waals surface area contributed by atoms with Crippen molar-refractivity contribution in [3.8, 4) is 0 Å². The SMILES string of the molecule is CCOC(=O)c1[nH]c2ccc(F)cc2c1NC(=O)CN1CCN(Cc2ccccc2)CC1. The van der Waals surface area contributed by atoms with Crippen LogP contribution in [0.1, 0.15) is 23.0 Å². The van der Waals surface area contributed by atoms with E-state index in [1.807, 2.05) is 18.2 Å². The van der Waals surface area contributed by atoms with Gasteiger partial charge in [0.15, 0.2) is 0 Å². The maximum atomic E-state index is 13.8. The Balaban J connectivity index is 1.39. The smallest absolute Gasteiger partial charge is 0.356 e. The summed E-state index contributed by atoms with van der Waals surface area (Å²) in [5, 5.41) is 3.24. The highest BCUT2D eigenvalue weighted by Crippen LogP contribution is 2.29. The number of rotatable bonds is 7. The first-order valence-electron chi connectivity index (χ1n) is 10.8. The lowest BCUT2D eigenvalue weighted by Gasteiger charge is -2.34. The zero-order chi connectivity index (χ0) is 22.5. The summed E-state index contributed by atoms with van der Waals surface area (Å²) in [5.41, 5.74) is 2.20. The van der Waals surface area contributed by atoms with Gasteiger partial charge in [-0.1, -0.05) is 30.3 Å². The monoisotopic (exact) mass is 438 g/mol. The van der Waals surface area contributed by atoms with E-state index in [4.69, 9.17) is 4.74 Å². The molecule has 0 spiro atoms. The number of ether oxygens (including phenoxy) is 1. The normalized spacial score (nSPS) is 15.1. The molecule has 1 amide bonds. The maximum Gasteiger partial charge on any atom is 0.356 e. The molecule has 3 aromatic rings. The molecule has 0 bridgehead atoms. The van der Waals surface area contributed by atoms with Crippen molar-refractivity contribution in [2.24, 2.45) is 0 Å². The minimum absolute atomic E-state index is 0.119. The second-order valence-electron chi connectivity index (χ2n) is 7.87. The molecule has 0 aliphatic carbocycles. The number of amides is 1. The molecule has 0 atom stereocenters. The van der Waals surface area contributed by atoms with E-state index in [2.05, 4.69) is 32.2 Å². The summed E-state index contributed by atoms with van der Waals surface area (Å²) in [6.45, 7) is 6.28. The number of benzene rings is 2. The van der Waals surface area contributed by atoms with Crippen molar-refractivity contribution in [3.63, 3.8) is 0 Å². The zero-order valence-electron chi connectivity index (χ0n) is 18.1. The molecule has 1 aliphatic heterocycles. The third kappa shape index (κ3) is 5.15. The number of hydrogen-bond donors (Lipinski definition) is 2. The number of hydrogen-bond acceptors (Lipinski definition) is 5. The van der Waals surface area contributed by atoms with E-state index in [0.717, 1.165) is 32.7 Å². The van der Waals surface area contributed by atoms with Crippen LogP contribution < -0.4 is 5.32 Å². The molecule has 8 heteroatoms. The fourth-order valence-corrected chi connectivity index (χ4v) is 3.98. The van der Waals surface area contributed by atoms with Gasteiger partial charge in [0.1, 0.15) is 11.5 Å². The van der Waals surface area contributed by atoms with Gasteiger partial charge in [-0.15, -0.1) is 0 Å². The Hall–Kier alpha value is -3.23. The van der Waals surface area contributed by atoms with Crippen molar-refractivity contribution in [2.45, 2.75) is 13.5 Å². The topological polar surface area (TPSA) is 77.7 Å². The van der Waals surface area contributed by atoms with E-state index in [-0.39, 0.29) is 30.4 Å². The molecule has 1 fully saturated rings. The predicted octanol–water partition coefficient (Wildman–Crippen LogP) is 3.24. The Morgan fingerprint density at radius 2 is 1.78 bits per heavy atom. The average molecular weight is 439 g/mol. The minimum Gasteiger partial charge on any atom is -0.461 e. The summed E-state index contributed by atoms with van der Waals surface area (Å²) in [7, 11) is 0. The number of piperazine rings is 1. The maximum absolute atomic E-state index is 13.8. The van der Waals surface area contributed by atoms with E-state index in [0.29, 0.717) is 10.9 Å². The van der Waals surface area contributed by atoms with Gasteiger partial charge in [0.2, 0.25) is 5.91 Å². The van der Waals surface area contributed by atoms with Crippen LogP contribution in [0.4, 0.5) is 10.1 Å². The Bertz CT molecular complexity index is 1090. The number of carbonyl (C=O) groups excluding carboxylic acids is 2. The number of esters is 1. The molecule has 2 heterocycles. The first-order chi connectivity index (χ1) is 15.5. The number of carbonyl (C=O) groups is 2. The number of fused-ring (bicyclic) bond motifs is 1. The molecule has 2 N–H and O–H groups in total. The van der Waals surface area contributed by atoms with Crippen LogP contribution in [0.3, 0.4) is 0 Å². The first kappa shape index (κ1) is 22.0. The van der Waals surface area contributed by atoms with E-state index < -0.39 is 11.8 Å². The molecular formula is C24H27FN4O3.